The summed E-state index contributed by atoms with van der Waals surface area (Å²) in [7, 11) is 1.37. The highest BCUT2D eigenvalue weighted by atomic mass is 16.6. The Kier molecular flexibility index (Phi) is 16.6. The van der Waals surface area contributed by atoms with Crippen LogP contribution in [-0.2, 0) is 43.4 Å². The number of carbonyl (C=O) groups excluding carboxylic acids is 2. The third-order valence-corrected chi connectivity index (χ3v) is 7.32. The molecule has 1 aromatic heterocycles. The third-order valence-electron chi connectivity index (χ3n) is 7.32. The van der Waals surface area contributed by atoms with Gasteiger partial charge in [-0.2, -0.15) is 0 Å². The molecule has 1 aliphatic rings. The van der Waals surface area contributed by atoms with Gasteiger partial charge in [0.15, 0.2) is 5.76 Å². The van der Waals surface area contributed by atoms with Crippen LogP contribution in [0.5, 0.6) is 0 Å². The minimum absolute atomic E-state index is 0.197. The fourth-order valence-corrected chi connectivity index (χ4v) is 5.05. The first-order valence-electron chi connectivity index (χ1n) is 15.9. The number of nitrogens with two attached hydrogens (primary N) is 1. The summed E-state index contributed by atoms with van der Waals surface area (Å²) in [6.07, 6.45) is 12.0. The van der Waals surface area contributed by atoms with E-state index in [9.17, 15) is 9.59 Å². The topological polar surface area (TPSA) is 126 Å². The average molecular weight is 646 g/mol. The second-order valence-corrected chi connectivity index (χ2v) is 10.7. The number of primary amides is 1. The molecule has 2 N–H and O–H groups in total. The number of fused-ring (bicyclic) bond motifs is 1. The van der Waals surface area contributed by atoms with Crippen LogP contribution in [-0.4, -0.2) is 56.7 Å². The zero-order chi connectivity index (χ0) is 33.7. The van der Waals surface area contributed by atoms with Gasteiger partial charge < -0.3 is 34.1 Å². The van der Waals surface area contributed by atoms with Crippen molar-refractivity contribution in [2.75, 3.05) is 38.4 Å². The van der Waals surface area contributed by atoms with Crippen LogP contribution in [0.15, 0.2) is 96.1 Å². The Morgan fingerprint density at radius 1 is 1.00 bits per heavy atom. The third kappa shape index (κ3) is 12.9. The summed E-state index contributed by atoms with van der Waals surface area (Å²) in [6, 6.07) is 20.5. The zero-order valence-corrected chi connectivity index (χ0v) is 27.5. The van der Waals surface area contributed by atoms with Crippen molar-refractivity contribution in [3.8, 4) is 0 Å². The lowest BCUT2D eigenvalue weighted by Gasteiger charge is -2.25. The van der Waals surface area contributed by atoms with E-state index in [-0.39, 0.29) is 25.0 Å². The number of methoxy groups -OCH3 is 1. The van der Waals surface area contributed by atoms with E-state index in [4.69, 9.17) is 19.7 Å². The number of nitrogens with zero attached hydrogens (tertiary/aromatic N) is 2. The van der Waals surface area contributed by atoms with Crippen LogP contribution in [0.2, 0.25) is 0 Å². The molecule has 1 amide bonds. The van der Waals surface area contributed by atoms with Crippen molar-refractivity contribution in [1.82, 2.24) is 5.16 Å². The molecular formula is C37H47N3O7. The molecule has 10 heteroatoms. The predicted octanol–water partition coefficient (Wildman–Crippen LogP) is 6.80. The molecule has 0 saturated heterocycles. The van der Waals surface area contributed by atoms with E-state index in [0.717, 1.165) is 43.5 Å². The van der Waals surface area contributed by atoms with E-state index < -0.39 is 6.09 Å². The smallest absolute Gasteiger partial charge is 0.404 e. The number of rotatable bonds is 18. The van der Waals surface area contributed by atoms with Gasteiger partial charge in [-0.3, -0.25) is 4.79 Å². The molecule has 252 valence electrons. The monoisotopic (exact) mass is 645 g/mol. The van der Waals surface area contributed by atoms with Gasteiger partial charge in [-0.25, -0.2) is 4.79 Å². The van der Waals surface area contributed by atoms with Crippen molar-refractivity contribution in [3.05, 3.63) is 114 Å². The molecule has 10 nitrogen and oxygen atoms in total. The maximum absolute atomic E-state index is 11.1. The highest BCUT2D eigenvalue weighted by molar-refractivity contribution is 5.89. The lowest BCUT2D eigenvalue weighted by molar-refractivity contribution is -0.142. The fraction of sp³-hybridized carbons (Fsp3) is 0.378. The quantitative estimate of drug-likeness (QED) is 0.0903. The van der Waals surface area contributed by atoms with E-state index in [1.165, 1.54) is 23.9 Å². The first-order chi connectivity index (χ1) is 23.0. The van der Waals surface area contributed by atoms with Crippen molar-refractivity contribution < 1.29 is 33.1 Å². The van der Waals surface area contributed by atoms with Crippen LogP contribution in [0, 0.1) is 0 Å². The van der Waals surface area contributed by atoms with Crippen molar-refractivity contribution in [3.63, 3.8) is 0 Å². The van der Waals surface area contributed by atoms with Gasteiger partial charge in [-0.1, -0.05) is 84.4 Å². The first kappa shape index (κ1) is 36.8. The summed E-state index contributed by atoms with van der Waals surface area (Å²) in [5.74, 6) is 0.396. The number of para-hydroxylation sites is 1. The fourth-order valence-electron chi connectivity index (χ4n) is 5.05. The maximum Gasteiger partial charge on any atom is 0.404 e. The molecule has 0 saturated carbocycles. The Morgan fingerprint density at radius 2 is 1.77 bits per heavy atom. The number of hydrogen-bond donors (Lipinski definition) is 1. The van der Waals surface area contributed by atoms with Gasteiger partial charge in [0.05, 0.1) is 45.1 Å². The van der Waals surface area contributed by atoms with E-state index in [1.54, 1.807) is 0 Å². The summed E-state index contributed by atoms with van der Waals surface area (Å²) in [5.41, 5.74) is 10.7. The van der Waals surface area contributed by atoms with E-state index in [0.29, 0.717) is 32.2 Å². The first-order valence-corrected chi connectivity index (χ1v) is 15.9. The van der Waals surface area contributed by atoms with Crippen LogP contribution < -0.4 is 10.6 Å². The van der Waals surface area contributed by atoms with Crippen LogP contribution in [0.1, 0.15) is 55.2 Å². The number of unbranched alkanes of at least 4 members (excludes halogenated alkanes) is 2. The molecule has 3 aromatic rings. The van der Waals surface area contributed by atoms with Crippen molar-refractivity contribution in [2.24, 2.45) is 5.73 Å². The molecule has 2 heterocycles. The number of ether oxygens (including phenoxy) is 4. The summed E-state index contributed by atoms with van der Waals surface area (Å²) >= 11 is 0. The standard InChI is InChI=1S/C27H34N2O4.C10H13NO3/c1-4-6-13-23-24-14-9-10-15-26(24)29(25(23)5-2)17-11-7-8-12-21-19-22(33-28-21)20-32-18-16-27(30)31-3;11-10(12)14-7-6-13-8-9-4-2-1-3-5-9/h4-6,9-10,13-15,19,25H,2,7-8,11-12,16-18,20H2,1,3H3;1-5H,6-8H2,(H2,11,12)/b6-4-,23-13-;. The second kappa shape index (κ2) is 21.2. The second-order valence-electron chi connectivity index (χ2n) is 10.7. The SMILES string of the molecule is C=CC1/C(=C\C=C/C)c2ccccc2N1CCCCCc1cc(COCCC(=O)OC)on1.NC(=O)OCCOCc1ccccc1. The molecule has 47 heavy (non-hydrogen) atoms. The van der Waals surface area contributed by atoms with Crippen LogP contribution in [0.3, 0.4) is 0 Å². The molecular weight excluding hydrogens is 598 g/mol. The van der Waals surface area contributed by atoms with Gasteiger partial charge in [0.25, 0.3) is 0 Å². The average Bonchev–Trinajstić information content (AvgIpc) is 3.67. The maximum atomic E-state index is 11.1. The largest absolute Gasteiger partial charge is 0.469 e. The Labute approximate surface area is 277 Å². The molecule has 2 aromatic carbocycles. The molecule has 0 aliphatic carbocycles. The molecule has 1 unspecified atom stereocenters. The van der Waals surface area contributed by atoms with Gasteiger partial charge in [0, 0.05) is 23.9 Å². The highest BCUT2D eigenvalue weighted by Crippen LogP contribution is 2.41. The van der Waals surface area contributed by atoms with Crippen molar-refractivity contribution in [2.45, 2.75) is 58.3 Å². The molecule has 0 fully saturated rings. The summed E-state index contributed by atoms with van der Waals surface area (Å²) in [6.45, 7) is 8.81. The summed E-state index contributed by atoms with van der Waals surface area (Å²) in [4.78, 5) is 23.7. The van der Waals surface area contributed by atoms with Gasteiger partial charge in [-0.15, -0.1) is 6.58 Å². The summed E-state index contributed by atoms with van der Waals surface area (Å²) in [5, 5.41) is 4.13. The molecule has 0 bridgehead atoms. The highest BCUT2D eigenvalue weighted by Gasteiger charge is 2.30. The van der Waals surface area contributed by atoms with E-state index >= 15 is 0 Å². The Morgan fingerprint density at radius 3 is 2.51 bits per heavy atom. The molecule has 0 spiro atoms. The number of amides is 1. The number of aromatic nitrogens is 1. The van der Waals surface area contributed by atoms with Crippen LogP contribution in [0.4, 0.5) is 10.5 Å². The number of anilines is 1. The Balaban J connectivity index is 0.000000358. The summed E-state index contributed by atoms with van der Waals surface area (Å²) < 4.78 is 25.1. The number of hydrogen-bond acceptors (Lipinski definition) is 9. The van der Waals surface area contributed by atoms with E-state index in [1.807, 2.05) is 49.4 Å². The number of aryl methyl sites for hydroxylation is 1. The number of benzene rings is 2. The number of allylic oxidation sites excluding steroid dienone is 3. The van der Waals surface area contributed by atoms with Gasteiger partial charge >= 0.3 is 12.1 Å². The minimum atomic E-state index is -0.770. The lowest BCUT2D eigenvalue weighted by Crippen LogP contribution is -2.30. The predicted molar refractivity (Wildman–Crippen MR) is 183 cm³/mol. The number of esters is 1. The minimum Gasteiger partial charge on any atom is -0.469 e. The lowest BCUT2D eigenvalue weighted by atomic mass is 10.0. The molecule has 1 aliphatic heterocycles. The van der Waals surface area contributed by atoms with Gasteiger partial charge in [0.1, 0.15) is 13.2 Å². The van der Waals surface area contributed by atoms with Crippen LogP contribution in [0.25, 0.3) is 5.57 Å². The van der Waals surface area contributed by atoms with Crippen LogP contribution >= 0.6 is 0 Å². The molecule has 4 rings (SSSR count). The zero-order valence-electron chi connectivity index (χ0n) is 27.5. The van der Waals surface area contributed by atoms with Gasteiger partial charge in [-0.05, 0) is 43.4 Å². The molecule has 0 radical (unpaired) electrons. The number of carbonyl (C=O) groups is 2. The normalized spacial score (nSPS) is 14.5. The Bertz CT molecular complexity index is 1430. The van der Waals surface area contributed by atoms with Crippen molar-refractivity contribution in [1.29, 1.82) is 0 Å². The van der Waals surface area contributed by atoms with Crippen molar-refractivity contribution >= 4 is 23.3 Å². The Hall–Kier alpha value is -4.67. The van der Waals surface area contributed by atoms with Gasteiger partial charge in [0.2, 0.25) is 0 Å². The van der Waals surface area contributed by atoms with E-state index in [2.05, 4.69) is 68.6 Å². The molecule has 1 atom stereocenters.